The zero-order valence-corrected chi connectivity index (χ0v) is 12.5. The van der Waals surface area contributed by atoms with Crippen molar-refractivity contribution in [1.82, 2.24) is 0 Å². The Labute approximate surface area is 126 Å². The number of ether oxygens (including phenoxy) is 4. The predicted molar refractivity (Wildman–Crippen MR) is 77.0 cm³/mol. The average Bonchev–Trinajstić information content (AvgIpc) is 3.30. The highest BCUT2D eigenvalue weighted by atomic mass is 16.6. The van der Waals surface area contributed by atoms with E-state index in [0.717, 1.165) is 51.6 Å². The van der Waals surface area contributed by atoms with Gasteiger partial charge in [0, 0.05) is 19.3 Å². The number of hydrogen-bond acceptors (Lipinski definition) is 6. The molecule has 1 rings (SSSR count). The third-order valence-electron chi connectivity index (χ3n) is 2.93. The number of esters is 1. The summed E-state index contributed by atoms with van der Waals surface area (Å²) in [6, 6.07) is 0. The van der Waals surface area contributed by atoms with Crippen LogP contribution in [-0.2, 0) is 23.7 Å². The van der Waals surface area contributed by atoms with Gasteiger partial charge < -0.3 is 24.1 Å². The summed E-state index contributed by atoms with van der Waals surface area (Å²) in [7, 11) is 0. The Morgan fingerprint density at radius 1 is 1.24 bits per heavy atom. The van der Waals surface area contributed by atoms with Crippen LogP contribution in [0.2, 0.25) is 0 Å². The maximum absolute atomic E-state index is 10.8. The first-order valence-corrected chi connectivity index (χ1v) is 7.46. The number of epoxide rings is 1. The number of aliphatic hydroxyl groups excluding tert-OH is 1. The Hall–Kier alpha value is -0.950. The van der Waals surface area contributed by atoms with Crippen LogP contribution >= 0.6 is 0 Å². The highest BCUT2D eigenvalue weighted by Crippen LogP contribution is 2.09. The summed E-state index contributed by atoms with van der Waals surface area (Å²) in [5, 5.41) is 9.48. The SMILES string of the molecule is C=CC(=O)OCC(O)COCCCCCCOCC1CO1. The highest BCUT2D eigenvalue weighted by molar-refractivity contribution is 5.81. The second-order valence-corrected chi connectivity index (χ2v) is 5.01. The first-order chi connectivity index (χ1) is 10.2. The van der Waals surface area contributed by atoms with Gasteiger partial charge in [-0.1, -0.05) is 19.4 Å². The van der Waals surface area contributed by atoms with Gasteiger partial charge in [-0.05, 0) is 12.8 Å². The van der Waals surface area contributed by atoms with Crippen molar-refractivity contribution in [3.63, 3.8) is 0 Å². The van der Waals surface area contributed by atoms with Crippen LogP contribution in [-0.4, -0.2) is 62.9 Å². The molecule has 0 saturated carbocycles. The van der Waals surface area contributed by atoms with Crippen LogP contribution in [0.4, 0.5) is 0 Å². The fourth-order valence-corrected chi connectivity index (χ4v) is 1.65. The second-order valence-electron chi connectivity index (χ2n) is 5.01. The minimum absolute atomic E-state index is 0.0626. The van der Waals surface area contributed by atoms with Crippen molar-refractivity contribution < 1.29 is 28.8 Å². The summed E-state index contributed by atoms with van der Waals surface area (Å²) in [5.41, 5.74) is 0. The van der Waals surface area contributed by atoms with Crippen molar-refractivity contribution in [2.24, 2.45) is 0 Å². The van der Waals surface area contributed by atoms with Crippen LogP contribution in [0.5, 0.6) is 0 Å². The summed E-state index contributed by atoms with van der Waals surface area (Å²) in [6.45, 7) is 6.33. The van der Waals surface area contributed by atoms with Crippen LogP contribution < -0.4 is 0 Å². The fourth-order valence-electron chi connectivity index (χ4n) is 1.65. The number of rotatable bonds is 14. The molecule has 0 amide bonds. The smallest absolute Gasteiger partial charge is 0.330 e. The number of hydrogen-bond donors (Lipinski definition) is 1. The van der Waals surface area contributed by atoms with E-state index in [1.54, 1.807) is 0 Å². The predicted octanol–water partition coefficient (Wildman–Crippen LogP) is 1.07. The van der Waals surface area contributed by atoms with Gasteiger partial charge in [0.2, 0.25) is 0 Å². The summed E-state index contributed by atoms with van der Waals surface area (Å²) in [4.78, 5) is 10.8. The molecule has 2 unspecified atom stereocenters. The van der Waals surface area contributed by atoms with Crippen LogP contribution in [0.3, 0.4) is 0 Å². The first-order valence-electron chi connectivity index (χ1n) is 7.46. The van der Waals surface area contributed by atoms with E-state index in [-0.39, 0.29) is 13.2 Å². The van der Waals surface area contributed by atoms with Crippen LogP contribution in [0.1, 0.15) is 25.7 Å². The molecule has 1 N–H and O–H groups in total. The molecule has 0 aliphatic carbocycles. The van der Waals surface area contributed by atoms with E-state index in [1.807, 2.05) is 0 Å². The molecular weight excluding hydrogens is 276 g/mol. The molecule has 0 bridgehead atoms. The van der Waals surface area contributed by atoms with Crippen molar-refractivity contribution in [3.8, 4) is 0 Å². The molecule has 1 fully saturated rings. The number of carbonyl (C=O) groups excluding carboxylic acids is 1. The zero-order valence-electron chi connectivity index (χ0n) is 12.5. The largest absolute Gasteiger partial charge is 0.460 e. The molecule has 2 atom stereocenters. The Morgan fingerprint density at radius 2 is 1.90 bits per heavy atom. The molecule has 1 heterocycles. The van der Waals surface area contributed by atoms with Gasteiger partial charge in [-0.25, -0.2) is 4.79 Å². The van der Waals surface area contributed by atoms with Gasteiger partial charge in [-0.3, -0.25) is 0 Å². The van der Waals surface area contributed by atoms with E-state index in [2.05, 4.69) is 6.58 Å². The van der Waals surface area contributed by atoms with Gasteiger partial charge in [-0.15, -0.1) is 0 Å². The molecule has 0 aromatic carbocycles. The molecule has 0 aromatic heterocycles. The standard InChI is InChI=1S/C15H26O6/c1-2-15(17)21-10-13(16)9-18-7-5-3-4-6-8-19-11-14-12-20-14/h2,13-14,16H,1,3-12H2. The maximum Gasteiger partial charge on any atom is 0.330 e. The van der Waals surface area contributed by atoms with Crippen molar-refractivity contribution in [3.05, 3.63) is 12.7 Å². The molecule has 1 aliphatic rings. The molecule has 6 nitrogen and oxygen atoms in total. The Bertz CT molecular complexity index is 290. The summed E-state index contributed by atoms with van der Waals surface area (Å²) in [5.74, 6) is -0.537. The lowest BCUT2D eigenvalue weighted by molar-refractivity contribution is -0.141. The van der Waals surface area contributed by atoms with Gasteiger partial charge in [0.15, 0.2) is 0 Å². The van der Waals surface area contributed by atoms with E-state index in [4.69, 9.17) is 18.9 Å². The minimum atomic E-state index is -0.785. The number of unbranched alkanes of at least 4 members (excludes halogenated alkanes) is 3. The van der Waals surface area contributed by atoms with Crippen LogP contribution in [0.25, 0.3) is 0 Å². The lowest BCUT2D eigenvalue weighted by Crippen LogP contribution is -2.23. The maximum atomic E-state index is 10.8. The monoisotopic (exact) mass is 302 g/mol. The van der Waals surface area contributed by atoms with Crippen LogP contribution in [0, 0.1) is 0 Å². The summed E-state index contributed by atoms with van der Waals surface area (Å²) < 4.78 is 20.5. The second kappa shape index (κ2) is 11.7. The lowest BCUT2D eigenvalue weighted by atomic mass is 10.2. The van der Waals surface area contributed by atoms with E-state index < -0.39 is 12.1 Å². The van der Waals surface area contributed by atoms with E-state index in [9.17, 15) is 9.90 Å². The average molecular weight is 302 g/mol. The van der Waals surface area contributed by atoms with Crippen molar-refractivity contribution in [2.75, 3.05) is 39.6 Å². The zero-order chi connectivity index (χ0) is 15.3. The third kappa shape index (κ3) is 11.4. The molecule has 0 aromatic rings. The highest BCUT2D eigenvalue weighted by Gasteiger charge is 2.21. The summed E-state index contributed by atoms with van der Waals surface area (Å²) in [6.07, 6.45) is 4.80. The minimum Gasteiger partial charge on any atom is -0.460 e. The van der Waals surface area contributed by atoms with Crippen molar-refractivity contribution in [2.45, 2.75) is 37.9 Å². The van der Waals surface area contributed by atoms with Gasteiger partial charge in [-0.2, -0.15) is 0 Å². The van der Waals surface area contributed by atoms with Gasteiger partial charge >= 0.3 is 5.97 Å². The Kier molecular flexibility index (Phi) is 10.1. The molecule has 21 heavy (non-hydrogen) atoms. The van der Waals surface area contributed by atoms with E-state index in [0.29, 0.717) is 12.7 Å². The first kappa shape index (κ1) is 18.1. The summed E-state index contributed by atoms with van der Waals surface area (Å²) >= 11 is 0. The van der Waals surface area contributed by atoms with E-state index >= 15 is 0 Å². The molecule has 0 radical (unpaired) electrons. The molecular formula is C15H26O6. The van der Waals surface area contributed by atoms with Gasteiger partial charge in [0.25, 0.3) is 0 Å². The van der Waals surface area contributed by atoms with Gasteiger partial charge in [0.1, 0.15) is 18.8 Å². The van der Waals surface area contributed by atoms with Crippen molar-refractivity contribution >= 4 is 5.97 Å². The van der Waals surface area contributed by atoms with Gasteiger partial charge in [0.05, 0.1) is 19.8 Å². The Balaban J connectivity index is 1.74. The molecule has 1 aliphatic heterocycles. The molecule has 0 spiro atoms. The fraction of sp³-hybridized carbons (Fsp3) is 0.800. The van der Waals surface area contributed by atoms with E-state index in [1.165, 1.54) is 0 Å². The van der Waals surface area contributed by atoms with Crippen LogP contribution in [0.15, 0.2) is 12.7 Å². The van der Waals surface area contributed by atoms with Crippen molar-refractivity contribution in [1.29, 1.82) is 0 Å². The number of aliphatic hydroxyl groups is 1. The number of carbonyl (C=O) groups is 1. The molecule has 1 saturated heterocycles. The third-order valence-corrected chi connectivity index (χ3v) is 2.93. The quantitative estimate of drug-likeness (QED) is 0.224. The topological polar surface area (TPSA) is 77.5 Å². The molecule has 6 heteroatoms. The normalized spacial score (nSPS) is 18.2. The molecule has 122 valence electrons. The lowest BCUT2D eigenvalue weighted by Gasteiger charge is -2.11. The Morgan fingerprint density at radius 3 is 2.52 bits per heavy atom.